The minimum atomic E-state index is 0.0501. The van der Waals surface area contributed by atoms with Crippen LogP contribution in [-0.2, 0) is 11.3 Å². The molecular weight excluding hydrogens is 292 g/mol. The maximum Gasteiger partial charge on any atom is 0.221 e. The number of rotatable bonds is 7. The summed E-state index contributed by atoms with van der Waals surface area (Å²) in [6.07, 6.45) is 4.31. The van der Waals surface area contributed by atoms with Crippen molar-refractivity contribution in [3.8, 4) is 11.4 Å². The van der Waals surface area contributed by atoms with Gasteiger partial charge < -0.3 is 10.1 Å². The zero-order valence-corrected chi connectivity index (χ0v) is 14.1. The highest BCUT2D eigenvalue weighted by molar-refractivity contribution is 5.76. The molecule has 1 atom stereocenters. The van der Waals surface area contributed by atoms with Crippen molar-refractivity contribution < 1.29 is 9.53 Å². The van der Waals surface area contributed by atoms with E-state index in [9.17, 15) is 4.79 Å². The number of benzene rings is 1. The van der Waals surface area contributed by atoms with E-state index in [0.717, 1.165) is 23.5 Å². The lowest BCUT2D eigenvalue weighted by Gasteiger charge is -2.23. The maximum atomic E-state index is 11.5. The number of hydrogen-bond acceptors (Lipinski definition) is 4. The third kappa shape index (κ3) is 4.32. The Bertz CT molecular complexity index is 654. The molecule has 0 bridgehead atoms. The van der Waals surface area contributed by atoms with Crippen molar-refractivity contribution >= 4 is 5.91 Å². The summed E-state index contributed by atoms with van der Waals surface area (Å²) in [4.78, 5) is 13.6. The van der Waals surface area contributed by atoms with E-state index in [-0.39, 0.29) is 11.9 Å². The van der Waals surface area contributed by atoms with Crippen LogP contribution in [0.15, 0.2) is 36.7 Å². The molecule has 2 aromatic rings. The first kappa shape index (κ1) is 17.0. The molecule has 0 saturated carbocycles. The van der Waals surface area contributed by atoms with Crippen molar-refractivity contribution in [2.75, 3.05) is 21.2 Å². The van der Waals surface area contributed by atoms with Crippen LogP contribution in [0.3, 0.4) is 0 Å². The monoisotopic (exact) mass is 316 g/mol. The molecule has 1 aromatic heterocycles. The molecule has 23 heavy (non-hydrogen) atoms. The molecule has 1 heterocycles. The van der Waals surface area contributed by atoms with Crippen molar-refractivity contribution in [3.63, 3.8) is 0 Å². The van der Waals surface area contributed by atoms with Gasteiger partial charge in [-0.3, -0.25) is 9.69 Å². The SMILES string of the molecule is CNC(=O)C[C@@H](C)N(C)Cc1cnn(-c2ccccc2OC)c1. The maximum absolute atomic E-state index is 11.5. The number of nitrogens with one attached hydrogen (secondary N) is 1. The predicted octanol–water partition coefficient (Wildman–Crippen LogP) is 1.84. The van der Waals surface area contributed by atoms with Crippen molar-refractivity contribution in [1.82, 2.24) is 20.0 Å². The summed E-state index contributed by atoms with van der Waals surface area (Å²) in [7, 11) is 5.32. The van der Waals surface area contributed by atoms with Crippen LogP contribution in [-0.4, -0.2) is 47.8 Å². The lowest BCUT2D eigenvalue weighted by molar-refractivity contribution is -0.121. The van der Waals surface area contributed by atoms with Crippen LogP contribution < -0.4 is 10.1 Å². The Hall–Kier alpha value is -2.34. The molecule has 6 nitrogen and oxygen atoms in total. The van der Waals surface area contributed by atoms with Crippen molar-refractivity contribution in [1.29, 1.82) is 0 Å². The summed E-state index contributed by atoms with van der Waals surface area (Å²) in [5.41, 5.74) is 1.99. The molecule has 2 rings (SSSR count). The smallest absolute Gasteiger partial charge is 0.221 e. The first-order valence-corrected chi connectivity index (χ1v) is 7.63. The summed E-state index contributed by atoms with van der Waals surface area (Å²) in [5.74, 6) is 0.831. The van der Waals surface area contributed by atoms with E-state index in [2.05, 4.69) is 15.3 Å². The van der Waals surface area contributed by atoms with Gasteiger partial charge in [0.1, 0.15) is 11.4 Å². The van der Waals surface area contributed by atoms with Gasteiger partial charge in [-0.2, -0.15) is 5.10 Å². The number of methoxy groups -OCH3 is 1. The first-order valence-electron chi connectivity index (χ1n) is 7.63. The summed E-state index contributed by atoms with van der Waals surface area (Å²) in [5, 5.41) is 7.07. The van der Waals surface area contributed by atoms with E-state index in [0.29, 0.717) is 6.42 Å². The van der Waals surface area contributed by atoms with E-state index >= 15 is 0 Å². The van der Waals surface area contributed by atoms with E-state index in [1.807, 2.05) is 55.3 Å². The highest BCUT2D eigenvalue weighted by Gasteiger charge is 2.14. The molecule has 0 aliphatic carbocycles. The molecule has 0 aliphatic rings. The zero-order chi connectivity index (χ0) is 16.8. The van der Waals surface area contributed by atoms with Gasteiger partial charge in [0, 0.05) is 37.8 Å². The van der Waals surface area contributed by atoms with Gasteiger partial charge in [0.25, 0.3) is 0 Å². The molecule has 124 valence electrons. The van der Waals surface area contributed by atoms with Gasteiger partial charge in [-0.25, -0.2) is 4.68 Å². The predicted molar refractivity (Wildman–Crippen MR) is 89.7 cm³/mol. The van der Waals surface area contributed by atoms with Gasteiger partial charge >= 0.3 is 0 Å². The van der Waals surface area contributed by atoms with Crippen molar-refractivity contribution in [3.05, 3.63) is 42.2 Å². The van der Waals surface area contributed by atoms with Gasteiger partial charge in [-0.1, -0.05) is 12.1 Å². The molecule has 0 aliphatic heterocycles. The number of ether oxygens (including phenoxy) is 1. The molecule has 0 unspecified atom stereocenters. The Balaban J connectivity index is 2.06. The Morgan fingerprint density at radius 1 is 1.43 bits per heavy atom. The Morgan fingerprint density at radius 2 is 2.17 bits per heavy atom. The van der Waals surface area contributed by atoms with Crippen LogP contribution in [0.1, 0.15) is 18.9 Å². The fourth-order valence-corrected chi connectivity index (χ4v) is 2.36. The number of hydrogen-bond donors (Lipinski definition) is 1. The minimum absolute atomic E-state index is 0.0501. The van der Waals surface area contributed by atoms with Crippen LogP contribution in [0.25, 0.3) is 5.69 Å². The number of para-hydroxylation sites is 2. The van der Waals surface area contributed by atoms with Crippen LogP contribution in [0.4, 0.5) is 0 Å². The Kier molecular flexibility index (Phi) is 5.76. The number of amides is 1. The van der Waals surface area contributed by atoms with Crippen LogP contribution in [0.2, 0.25) is 0 Å². The summed E-state index contributed by atoms with van der Waals surface area (Å²) < 4.78 is 7.18. The second-order valence-electron chi connectivity index (χ2n) is 5.61. The lowest BCUT2D eigenvalue weighted by Crippen LogP contribution is -2.33. The number of aromatic nitrogens is 2. The van der Waals surface area contributed by atoms with Crippen molar-refractivity contribution in [2.45, 2.75) is 25.9 Å². The summed E-state index contributed by atoms with van der Waals surface area (Å²) in [6, 6.07) is 7.92. The molecule has 6 heteroatoms. The normalized spacial score (nSPS) is 12.2. The molecular formula is C17H24N4O2. The molecule has 0 fully saturated rings. The van der Waals surface area contributed by atoms with Gasteiger partial charge in [0.2, 0.25) is 5.91 Å². The summed E-state index contributed by atoms with van der Waals surface area (Å²) >= 11 is 0. The van der Waals surface area contributed by atoms with E-state index in [4.69, 9.17) is 4.74 Å². The highest BCUT2D eigenvalue weighted by Crippen LogP contribution is 2.21. The van der Waals surface area contributed by atoms with Crippen LogP contribution in [0, 0.1) is 0 Å². The lowest BCUT2D eigenvalue weighted by atomic mass is 10.2. The average molecular weight is 316 g/mol. The van der Waals surface area contributed by atoms with E-state index < -0.39 is 0 Å². The topological polar surface area (TPSA) is 59.4 Å². The van der Waals surface area contributed by atoms with Gasteiger partial charge in [0.05, 0.1) is 13.3 Å². The molecule has 0 saturated heterocycles. The standard InChI is InChI=1S/C17H24N4O2/c1-13(9-17(22)18-2)20(3)11-14-10-19-21(12-14)15-7-5-6-8-16(15)23-4/h5-8,10,12-13H,9,11H2,1-4H3,(H,18,22)/t13-/m1/s1. The number of carbonyl (C=O) groups excluding carboxylic acids is 1. The second-order valence-corrected chi connectivity index (χ2v) is 5.61. The average Bonchev–Trinajstić information content (AvgIpc) is 3.02. The molecule has 1 aromatic carbocycles. The zero-order valence-electron chi connectivity index (χ0n) is 14.1. The number of carbonyl (C=O) groups is 1. The third-order valence-corrected chi connectivity index (χ3v) is 3.91. The van der Waals surface area contributed by atoms with Gasteiger partial charge in [-0.15, -0.1) is 0 Å². The summed E-state index contributed by atoms with van der Waals surface area (Å²) in [6.45, 7) is 2.77. The van der Waals surface area contributed by atoms with E-state index in [1.54, 1.807) is 14.2 Å². The van der Waals surface area contributed by atoms with Gasteiger partial charge in [-0.05, 0) is 26.1 Å². The quantitative estimate of drug-likeness (QED) is 0.847. The molecule has 1 N–H and O–H groups in total. The van der Waals surface area contributed by atoms with Crippen LogP contribution in [0.5, 0.6) is 5.75 Å². The Labute approximate surface area is 137 Å². The molecule has 0 radical (unpaired) electrons. The fraction of sp³-hybridized carbons (Fsp3) is 0.412. The Morgan fingerprint density at radius 3 is 2.87 bits per heavy atom. The highest BCUT2D eigenvalue weighted by atomic mass is 16.5. The minimum Gasteiger partial charge on any atom is -0.494 e. The van der Waals surface area contributed by atoms with Crippen molar-refractivity contribution in [2.24, 2.45) is 0 Å². The molecule has 0 spiro atoms. The second kappa shape index (κ2) is 7.78. The molecule has 1 amide bonds. The van der Waals surface area contributed by atoms with E-state index in [1.165, 1.54) is 0 Å². The van der Waals surface area contributed by atoms with Crippen LogP contribution >= 0.6 is 0 Å². The fourth-order valence-electron chi connectivity index (χ4n) is 2.36. The largest absolute Gasteiger partial charge is 0.494 e. The third-order valence-electron chi connectivity index (χ3n) is 3.91. The first-order chi connectivity index (χ1) is 11.0. The number of nitrogens with zero attached hydrogens (tertiary/aromatic N) is 3. The van der Waals surface area contributed by atoms with Gasteiger partial charge in [0.15, 0.2) is 0 Å².